The molecule has 0 heterocycles. The molecular formula is C15H25BrIN3O. The number of guanidine groups is 1. The number of rotatable bonds is 6. The van der Waals surface area contributed by atoms with Gasteiger partial charge in [-0.25, -0.2) is 0 Å². The summed E-state index contributed by atoms with van der Waals surface area (Å²) in [6.45, 7) is 3.95. The second-order valence-corrected chi connectivity index (χ2v) is 5.50. The molecule has 1 aromatic carbocycles. The van der Waals surface area contributed by atoms with Crippen LogP contribution in [0.5, 0.6) is 5.75 Å². The van der Waals surface area contributed by atoms with Gasteiger partial charge in [0.15, 0.2) is 5.96 Å². The van der Waals surface area contributed by atoms with E-state index in [-0.39, 0.29) is 24.0 Å². The van der Waals surface area contributed by atoms with E-state index in [2.05, 4.69) is 57.2 Å². The second-order valence-electron chi connectivity index (χ2n) is 4.64. The van der Waals surface area contributed by atoms with Gasteiger partial charge in [0.25, 0.3) is 0 Å². The van der Waals surface area contributed by atoms with Crippen molar-refractivity contribution in [2.75, 3.05) is 27.7 Å². The number of halogens is 2. The maximum atomic E-state index is 5.23. The molecule has 0 aliphatic rings. The van der Waals surface area contributed by atoms with Gasteiger partial charge >= 0.3 is 0 Å². The molecule has 1 rings (SSSR count). The number of aliphatic imine (C=N–C) groups is 1. The van der Waals surface area contributed by atoms with E-state index in [1.807, 2.05) is 13.1 Å². The largest absolute Gasteiger partial charge is 0.496 e. The molecule has 0 unspecified atom stereocenters. The molecule has 0 saturated heterocycles. The lowest BCUT2D eigenvalue weighted by molar-refractivity contribution is 0.412. The van der Waals surface area contributed by atoms with Gasteiger partial charge in [0.2, 0.25) is 0 Å². The fraction of sp³-hybridized carbons (Fsp3) is 0.533. The van der Waals surface area contributed by atoms with Gasteiger partial charge in [-0.2, -0.15) is 0 Å². The van der Waals surface area contributed by atoms with E-state index in [9.17, 15) is 0 Å². The van der Waals surface area contributed by atoms with E-state index in [0.717, 1.165) is 29.3 Å². The molecule has 6 heteroatoms. The van der Waals surface area contributed by atoms with Crippen molar-refractivity contribution < 1.29 is 4.74 Å². The van der Waals surface area contributed by atoms with Crippen molar-refractivity contribution in [3.63, 3.8) is 0 Å². The van der Waals surface area contributed by atoms with Crippen LogP contribution in [0.3, 0.4) is 0 Å². The molecule has 1 aromatic rings. The van der Waals surface area contributed by atoms with E-state index in [0.29, 0.717) is 0 Å². The summed E-state index contributed by atoms with van der Waals surface area (Å²) in [5, 5.41) is 3.37. The summed E-state index contributed by atoms with van der Waals surface area (Å²) in [5.74, 6) is 1.77. The molecule has 0 atom stereocenters. The average molecular weight is 470 g/mol. The number of ether oxygens (including phenoxy) is 1. The number of hydrogen-bond acceptors (Lipinski definition) is 2. The van der Waals surface area contributed by atoms with Crippen LogP contribution < -0.4 is 10.1 Å². The van der Waals surface area contributed by atoms with Crippen LogP contribution in [0.4, 0.5) is 0 Å². The topological polar surface area (TPSA) is 36.9 Å². The highest BCUT2D eigenvalue weighted by atomic mass is 127. The molecular weight excluding hydrogens is 445 g/mol. The molecule has 0 fully saturated rings. The summed E-state index contributed by atoms with van der Waals surface area (Å²) in [6.07, 6.45) is 2.36. The number of nitrogens with one attached hydrogen (secondary N) is 1. The Hall–Kier alpha value is -0.500. The fourth-order valence-corrected chi connectivity index (χ4v) is 2.47. The molecule has 0 aromatic heterocycles. The summed E-state index contributed by atoms with van der Waals surface area (Å²) in [7, 11) is 5.55. The molecule has 0 aliphatic heterocycles. The fourth-order valence-electron chi connectivity index (χ4n) is 1.89. The summed E-state index contributed by atoms with van der Waals surface area (Å²) < 4.78 is 6.20. The van der Waals surface area contributed by atoms with Crippen LogP contribution in [0.25, 0.3) is 0 Å². The van der Waals surface area contributed by atoms with Crippen molar-refractivity contribution in [2.24, 2.45) is 4.99 Å². The molecule has 0 saturated carbocycles. The molecule has 21 heavy (non-hydrogen) atoms. The van der Waals surface area contributed by atoms with E-state index in [1.165, 1.54) is 18.4 Å². The Balaban J connectivity index is 0.00000400. The van der Waals surface area contributed by atoms with E-state index in [1.54, 1.807) is 7.11 Å². The highest BCUT2D eigenvalue weighted by Crippen LogP contribution is 2.25. The van der Waals surface area contributed by atoms with Crippen LogP contribution >= 0.6 is 39.9 Å². The van der Waals surface area contributed by atoms with Crippen LogP contribution in [0.15, 0.2) is 27.7 Å². The average Bonchev–Trinajstić information content (AvgIpc) is 2.45. The van der Waals surface area contributed by atoms with Gasteiger partial charge in [0.05, 0.1) is 11.6 Å². The van der Waals surface area contributed by atoms with Gasteiger partial charge in [-0.3, -0.25) is 4.99 Å². The minimum Gasteiger partial charge on any atom is -0.496 e. The van der Waals surface area contributed by atoms with Crippen molar-refractivity contribution in [2.45, 2.75) is 26.3 Å². The Morgan fingerprint density at radius 3 is 2.67 bits per heavy atom. The Labute approximate surface area is 153 Å². The van der Waals surface area contributed by atoms with Gasteiger partial charge in [-0.05, 0) is 40.0 Å². The van der Waals surface area contributed by atoms with Gasteiger partial charge < -0.3 is 15.0 Å². The summed E-state index contributed by atoms with van der Waals surface area (Å²) in [6, 6.07) is 6.08. The van der Waals surface area contributed by atoms with Crippen molar-refractivity contribution >= 4 is 45.9 Å². The summed E-state index contributed by atoms with van der Waals surface area (Å²) >= 11 is 3.50. The monoisotopic (exact) mass is 469 g/mol. The molecule has 0 bridgehead atoms. The van der Waals surface area contributed by atoms with Crippen molar-refractivity contribution in [1.29, 1.82) is 0 Å². The number of methoxy groups -OCH3 is 1. The SMILES string of the molecule is CCCCN(C)C(=NC)NCc1ccc(OC)c(Br)c1.I. The normalized spacial score (nSPS) is 10.8. The van der Waals surface area contributed by atoms with Crippen LogP contribution in [0.2, 0.25) is 0 Å². The quantitative estimate of drug-likeness (QED) is 0.390. The molecule has 0 spiro atoms. The minimum atomic E-state index is 0. The molecule has 120 valence electrons. The van der Waals surface area contributed by atoms with Crippen LogP contribution in [-0.4, -0.2) is 38.6 Å². The lowest BCUT2D eigenvalue weighted by Gasteiger charge is -2.22. The first-order valence-corrected chi connectivity index (χ1v) is 7.65. The minimum absolute atomic E-state index is 0. The molecule has 0 radical (unpaired) electrons. The number of unbranched alkanes of at least 4 members (excludes halogenated alkanes) is 1. The zero-order valence-corrected chi connectivity index (χ0v) is 17.1. The third-order valence-corrected chi connectivity index (χ3v) is 3.71. The van der Waals surface area contributed by atoms with Crippen LogP contribution in [0, 0.1) is 0 Å². The van der Waals surface area contributed by atoms with E-state index in [4.69, 9.17) is 4.74 Å². The van der Waals surface area contributed by atoms with Gasteiger partial charge in [-0.1, -0.05) is 19.4 Å². The van der Waals surface area contributed by atoms with Crippen molar-refractivity contribution in [3.8, 4) is 5.75 Å². The lowest BCUT2D eigenvalue weighted by atomic mass is 10.2. The Kier molecular flexibility index (Phi) is 10.9. The van der Waals surface area contributed by atoms with Gasteiger partial charge in [-0.15, -0.1) is 24.0 Å². The second kappa shape index (κ2) is 11.1. The third kappa shape index (κ3) is 6.86. The van der Waals surface area contributed by atoms with E-state index >= 15 is 0 Å². The Morgan fingerprint density at radius 2 is 2.14 bits per heavy atom. The maximum absolute atomic E-state index is 5.23. The molecule has 0 aliphatic carbocycles. The lowest BCUT2D eigenvalue weighted by Crippen LogP contribution is -2.38. The Morgan fingerprint density at radius 1 is 1.43 bits per heavy atom. The highest BCUT2D eigenvalue weighted by molar-refractivity contribution is 14.0. The molecule has 0 amide bonds. The highest BCUT2D eigenvalue weighted by Gasteiger charge is 2.06. The zero-order chi connectivity index (χ0) is 15.0. The third-order valence-electron chi connectivity index (χ3n) is 3.09. The number of hydrogen-bond donors (Lipinski definition) is 1. The molecule has 4 nitrogen and oxygen atoms in total. The first-order chi connectivity index (χ1) is 9.62. The Bertz CT molecular complexity index is 455. The van der Waals surface area contributed by atoms with Crippen molar-refractivity contribution in [1.82, 2.24) is 10.2 Å². The molecule has 1 N–H and O–H groups in total. The summed E-state index contributed by atoms with van der Waals surface area (Å²) in [4.78, 5) is 6.46. The summed E-state index contributed by atoms with van der Waals surface area (Å²) in [5.41, 5.74) is 1.18. The van der Waals surface area contributed by atoms with E-state index < -0.39 is 0 Å². The standard InChI is InChI=1S/C15H24BrN3O.HI/c1-5-6-9-19(3)15(17-2)18-11-12-7-8-14(20-4)13(16)10-12;/h7-8,10H,5-6,9,11H2,1-4H3,(H,17,18);1H. The zero-order valence-electron chi connectivity index (χ0n) is 13.1. The van der Waals surface area contributed by atoms with Crippen LogP contribution in [0.1, 0.15) is 25.3 Å². The maximum Gasteiger partial charge on any atom is 0.193 e. The number of nitrogens with zero attached hydrogens (tertiary/aromatic N) is 2. The van der Waals surface area contributed by atoms with Crippen LogP contribution in [-0.2, 0) is 6.54 Å². The predicted molar refractivity (Wildman–Crippen MR) is 104 cm³/mol. The first-order valence-electron chi connectivity index (χ1n) is 6.86. The smallest absolute Gasteiger partial charge is 0.193 e. The number of benzene rings is 1. The van der Waals surface area contributed by atoms with Crippen molar-refractivity contribution in [3.05, 3.63) is 28.2 Å². The van der Waals surface area contributed by atoms with Gasteiger partial charge in [0, 0.05) is 27.2 Å². The predicted octanol–water partition coefficient (Wildman–Crippen LogP) is 3.88. The van der Waals surface area contributed by atoms with Gasteiger partial charge in [0.1, 0.15) is 5.75 Å². The first kappa shape index (κ1) is 20.5.